The molecule has 0 unspecified atom stereocenters. The maximum absolute atomic E-state index is 12.6. The zero-order valence-electron chi connectivity index (χ0n) is 12.0. The molecule has 2 rings (SSSR count). The van der Waals surface area contributed by atoms with Gasteiger partial charge in [-0.1, -0.05) is 62.9 Å². The molecule has 1 aromatic carbocycles. The first kappa shape index (κ1) is 14.1. The highest BCUT2D eigenvalue weighted by Crippen LogP contribution is 2.41. The van der Waals surface area contributed by atoms with Gasteiger partial charge >= 0.3 is 0 Å². The average Bonchev–Trinajstić information content (AvgIpc) is 2.95. The molecule has 0 aromatic heterocycles. The zero-order chi connectivity index (χ0) is 13.6. The van der Waals surface area contributed by atoms with Crippen molar-refractivity contribution in [1.82, 2.24) is 5.32 Å². The molecule has 0 aliphatic heterocycles. The summed E-state index contributed by atoms with van der Waals surface area (Å²) in [5.41, 5.74) is 0.938. The van der Waals surface area contributed by atoms with Gasteiger partial charge in [-0.2, -0.15) is 0 Å². The van der Waals surface area contributed by atoms with Crippen LogP contribution in [-0.4, -0.2) is 12.5 Å². The summed E-state index contributed by atoms with van der Waals surface area (Å²) in [6.07, 6.45) is 7.80. The van der Waals surface area contributed by atoms with E-state index >= 15 is 0 Å². The van der Waals surface area contributed by atoms with Gasteiger partial charge in [0.2, 0.25) is 5.91 Å². The number of carbonyl (C=O) groups is 1. The van der Waals surface area contributed by atoms with E-state index in [1.54, 1.807) is 0 Å². The fourth-order valence-electron chi connectivity index (χ4n) is 3.13. The maximum atomic E-state index is 12.6. The van der Waals surface area contributed by atoms with Crippen molar-refractivity contribution in [1.29, 1.82) is 0 Å². The Balaban J connectivity index is 2.05. The van der Waals surface area contributed by atoms with E-state index in [-0.39, 0.29) is 11.3 Å². The molecule has 1 aliphatic rings. The van der Waals surface area contributed by atoms with Crippen LogP contribution in [0, 0.1) is 0 Å². The largest absolute Gasteiger partial charge is 0.355 e. The van der Waals surface area contributed by atoms with Gasteiger partial charge in [-0.15, -0.1) is 0 Å². The molecule has 0 radical (unpaired) electrons. The topological polar surface area (TPSA) is 29.1 Å². The summed E-state index contributed by atoms with van der Waals surface area (Å²) in [5.74, 6) is 0.243. The summed E-state index contributed by atoms with van der Waals surface area (Å²) >= 11 is 0. The number of unbranched alkanes of at least 4 members (excludes halogenated alkanes) is 2. The Morgan fingerprint density at radius 3 is 2.47 bits per heavy atom. The molecule has 2 heteroatoms. The summed E-state index contributed by atoms with van der Waals surface area (Å²) in [6.45, 7) is 3.01. The maximum Gasteiger partial charge on any atom is 0.230 e. The van der Waals surface area contributed by atoms with Crippen LogP contribution < -0.4 is 5.32 Å². The predicted molar refractivity (Wildman–Crippen MR) is 79.1 cm³/mol. The quantitative estimate of drug-likeness (QED) is 0.773. The van der Waals surface area contributed by atoms with Gasteiger partial charge in [0.05, 0.1) is 5.41 Å². The fraction of sp³-hybridized carbons (Fsp3) is 0.588. The summed E-state index contributed by atoms with van der Waals surface area (Å²) in [7, 11) is 0. The highest BCUT2D eigenvalue weighted by atomic mass is 16.2. The molecule has 1 amide bonds. The van der Waals surface area contributed by atoms with Crippen LogP contribution in [0.2, 0.25) is 0 Å². The highest BCUT2D eigenvalue weighted by molar-refractivity contribution is 5.88. The number of rotatable bonds is 6. The Bertz CT molecular complexity index is 393. The first-order valence-electron chi connectivity index (χ1n) is 7.63. The minimum absolute atomic E-state index is 0.243. The summed E-state index contributed by atoms with van der Waals surface area (Å²) in [6, 6.07) is 10.3. The molecule has 0 bridgehead atoms. The van der Waals surface area contributed by atoms with E-state index in [2.05, 4.69) is 24.4 Å². The number of amides is 1. The van der Waals surface area contributed by atoms with Gasteiger partial charge in [0.15, 0.2) is 0 Å². The van der Waals surface area contributed by atoms with E-state index in [1.807, 2.05) is 18.2 Å². The second kappa shape index (κ2) is 6.74. The smallest absolute Gasteiger partial charge is 0.230 e. The van der Waals surface area contributed by atoms with Gasteiger partial charge in [-0.05, 0) is 24.8 Å². The minimum atomic E-state index is -0.256. The van der Waals surface area contributed by atoms with Crippen LogP contribution in [0.25, 0.3) is 0 Å². The first-order valence-corrected chi connectivity index (χ1v) is 7.63. The van der Waals surface area contributed by atoms with Crippen LogP contribution in [0.4, 0.5) is 0 Å². The van der Waals surface area contributed by atoms with Crippen LogP contribution in [0.5, 0.6) is 0 Å². The van der Waals surface area contributed by atoms with E-state index in [0.29, 0.717) is 0 Å². The molecule has 19 heavy (non-hydrogen) atoms. The highest BCUT2D eigenvalue weighted by Gasteiger charge is 2.42. The van der Waals surface area contributed by atoms with Gasteiger partial charge < -0.3 is 5.32 Å². The fourth-order valence-corrected chi connectivity index (χ4v) is 3.13. The predicted octanol–water partition coefficient (Wildman–Crippen LogP) is 3.80. The van der Waals surface area contributed by atoms with Crippen molar-refractivity contribution in [2.75, 3.05) is 6.54 Å². The van der Waals surface area contributed by atoms with Crippen LogP contribution in [0.15, 0.2) is 30.3 Å². The van der Waals surface area contributed by atoms with Crippen molar-refractivity contribution in [2.24, 2.45) is 0 Å². The lowest BCUT2D eigenvalue weighted by Crippen LogP contribution is -2.42. The lowest BCUT2D eigenvalue weighted by Gasteiger charge is -2.28. The van der Waals surface area contributed by atoms with Crippen molar-refractivity contribution in [3.63, 3.8) is 0 Å². The van der Waals surface area contributed by atoms with Gasteiger partial charge in [0, 0.05) is 6.54 Å². The number of nitrogens with one attached hydrogen (secondary N) is 1. The van der Waals surface area contributed by atoms with Crippen LogP contribution >= 0.6 is 0 Å². The van der Waals surface area contributed by atoms with Crippen LogP contribution in [-0.2, 0) is 10.2 Å². The molecule has 1 saturated carbocycles. The minimum Gasteiger partial charge on any atom is -0.355 e. The standard InChI is InChI=1S/C17H25NO/c1-2-3-9-14-18-16(19)17(12-7-8-13-17)15-10-5-4-6-11-15/h4-6,10-11H,2-3,7-9,12-14H2,1H3,(H,18,19). The number of benzene rings is 1. The first-order chi connectivity index (χ1) is 9.29. The van der Waals surface area contributed by atoms with E-state index in [1.165, 1.54) is 18.4 Å². The zero-order valence-corrected chi connectivity index (χ0v) is 12.0. The van der Waals surface area contributed by atoms with Crippen LogP contribution in [0.1, 0.15) is 57.4 Å². The van der Waals surface area contributed by atoms with E-state index in [9.17, 15) is 4.79 Å². The molecule has 1 N–H and O–H groups in total. The van der Waals surface area contributed by atoms with Gasteiger partial charge in [0.25, 0.3) is 0 Å². The molecule has 1 fully saturated rings. The lowest BCUT2D eigenvalue weighted by atomic mass is 9.78. The van der Waals surface area contributed by atoms with Gasteiger partial charge in [-0.25, -0.2) is 0 Å². The molecule has 1 aliphatic carbocycles. The van der Waals surface area contributed by atoms with Crippen molar-refractivity contribution in [3.05, 3.63) is 35.9 Å². The molecule has 1 aromatic rings. The van der Waals surface area contributed by atoms with Crippen molar-refractivity contribution < 1.29 is 4.79 Å². The number of hydrogen-bond donors (Lipinski definition) is 1. The van der Waals surface area contributed by atoms with E-state index in [4.69, 9.17) is 0 Å². The van der Waals surface area contributed by atoms with E-state index in [0.717, 1.165) is 38.6 Å². The van der Waals surface area contributed by atoms with Gasteiger partial charge in [-0.3, -0.25) is 4.79 Å². The molecule has 0 atom stereocenters. The Hall–Kier alpha value is -1.31. The van der Waals surface area contributed by atoms with E-state index < -0.39 is 0 Å². The normalized spacial score (nSPS) is 17.3. The lowest BCUT2D eigenvalue weighted by molar-refractivity contribution is -0.126. The molecule has 0 heterocycles. The second-order valence-corrected chi connectivity index (χ2v) is 5.62. The molecule has 0 saturated heterocycles. The summed E-state index contributed by atoms with van der Waals surface area (Å²) < 4.78 is 0. The third-order valence-electron chi connectivity index (χ3n) is 4.28. The summed E-state index contributed by atoms with van der Waals surface area (Å²) in [5, 5.41) is 3.16. The Morgan fingerprint density at radius 1 is 1.16 bits per heavy atom. The monoisotopic (exact) mass is 259 g/mol. The van der Waals surface area contributed by atoms with Crippen LogP contribution in [0.3, 0.4) is 0 Å². The molecule has 104 valence electrons. The summed E-state index contributed by atoms with van der Waals surface area (Å²) in [4.78, 5) is 12.6. The molecule has 2 nitrogen and oxygen atoms in total. The Kier molecular flexibility index (Phi) is 5.00. The third-order valence-corrected chi connectivity index (χ3v) is 4.28. The van der Waals surface area contributed by atoms with Crippen molar-refractivity contribution in [3.8, 4) is 0 Å². The van der Waals surface area contributed by atoms with Crippen molar-refractivity contribution in [2.45, 2.75) is 57.3 Å². The average molecular weight is 259 g/mol. The van der Waals surface area contributed by atoms with Gasteiger partial charge in [0.1, 0.15) is 0 Å². The third kappa shape index (κ3) is 3.17. The Labute approximate surface area is 116 Å². The number of hydrogen-bond acceptors (Lipinski definition) is 1. The van der Waals surface area contributed by atoms with Crippen molar-refractivity contribution >= 4 is 5.91 Å². The molecule has 0 spiro atoms. The molecular formula is C17H25NO. The Morgan fingerprint density at radius 2 is 1.84 bits per heavy atom. The molecular weight excluding hydrogens is 234 g/mol. The second-order valence-electron chi connectivity index (χ2n) is 5.62. The SMILES string of the molecule is CCCCCNC(=O)C1(c2ccccc2)CCCC1. The number of carbonyl (C=O) groups excluding carboxylic acids is 1.